The molecular formula is C22H38N6S. The molecule has 2 saturated heterocycles. The summed E-state index contributed by atoms with van der Waals surface area (Å²) in [5, 5.41) is 7.10. The SMILES string of the molecule is CC(C)CNC(=S)Nc1nc(N2CCCCCC2)cc(N2C[C@H](C)C[C@H](C)C2)n1. The van der Waals surface area contributed by atoms with E-state index in [-0.39, 0.29) is 0 Å². The van der Waals surface area contributed by atoms with E-state index in [1.54, 1.807) is 0 Å². The number of hydrogen-bond donors (Lipinski definition) is 2. The third-order valence-corrected chi connectivity index (χ3v) is 5.96. The molecular weight excluding hydrogens is 380 g/mol. The fourth-order valence-electron chi connectivity index (χ4n) is 4.39. The average molecular weight is 419 g/mol. The zero-order valence-corrected chi connectivity index (χ0v) is 19.4. The topological polar surface area (TPSA) is 56.3 Å². The first-order valence-corrected chi connectivity index (χ1v) is 11.8. The predicted octanol–water partition coefficient (Wildman–Crippen LogP) is 4.28. The van der Waals surface area contributed by atoms with Gasteiger partial charge >= 0.3 is 0 Å². The van der Waals surface area contributed by atoms with E-state index in [1.807, 2.05) is 0 Å². The summed E-state index contributed by atoms with van der Waals surface area (Å²) in [4.78, 5) is 14.6. The van der Waals surface area contributed by atoms with Gasteiger partial charge in [-0.05, 0) is 49.2 Å². The number of aromatic nitrogens is 2. The van der Waals surface area contributed by atoms with Gasteiger partial charge in [0.1, 0.15) is 11.6 Å². The van der Waals surface area contributed by atoms with Crippen LogP contribution in [0.15, 0.2) is 6.07 Å². The van der Waals surface area contributed by atoms with Crippen LogP contribution in [-0.4, -0.2) is 47.8 Å². The van der Waals surface area contributed by atoms with Crippen molar-refractivity contribution in [2.75, 3.05) is 47.8 Å². The number of hydrogen-bond acceptors (Lipinski definition) is 5. The van der Waals surface area contributed by atoms with Crippen LogP contribution in [0.3, 0.4) is 0 Å². The summed E-state index contributed by atoms with van der Waals surface area (Å²) in [6.45, 7) is 14.1. The van der Waals surface area contributed by atoms with E-state index in [1.165, 1.54) is 32.1 Å². The highest BCUT2D eigenvalue weighted by Crippen LogP contribution is 2.29. The molecule has 1 aromatic heterocycles. The highest BCUT2D eigenvalue weighted by molar-refractivity contribution is 7.80. The van der Waals surface area contributed by atoms with Crippen LogP contribution in [-0.2, 0) is 0 Å². The van der Waals surface area contributed by atoms with Crippen LogP contribution < -0.4 is 20.4 Å². The van der Waals surface area contributed by atoms with Crippen LogP contribution in [0.5, 0.6) is 0 Å². The van der Waals surface area contributed by atoms with E-state index in [4.69, 9.17) is 22.2 Å². The van der Waals surface area contributed by atoms with Crippen molar-refractivity contribution in [3.8, 4) is 0 Å². The Balaban J connectivity index is 1.83. The molecule has 3 rings (SSSR count). The van der Waals surface area contributed by atoms with E-state index in [0.29, 0.717) is 28.8 Å². The van der Waals surface area contributed by atoms with Gasteiger partial charge in [-0.15, -0.1) is 0 Å². The van der Waals surface area contributed by atoms with Crippen molar-refractivity contribution in [1.82, 2.24) is 15.3 Å². The molecule has 0 bridgehead atoms. The lowest BCUT2D eigenvalue weighted by molar-refractivity contribution is 0.355. The fourth-order valence-corrected chi connectivity index (χ4v) is 4.57. The van der Waals surface area contributed by atoms with Crippen molar-refractivity contribution >= 4 is 34.9 Å². The van der Waals surface area contributed by atoms with E-state index in [0.717, 1.165) is 44.4 Å². The second-order valence-corrected chi connectivity index (χ2v) is 9.80. The zero-order valence-electron chi connectivity index (χ0n) is 18.6. The van der Waals surface area contributed by atoms with Gasteiger partial charge < -0.3 is 20.4 Å². The van der Waals surface area contributed by atoms with E-state index in [9.17, 15) is 0 Å². The molecule has 162 valence electrons. The Labute approximate surface area is 181 Å². The maximum Gasteiger partial charge on any atom is 0.232 e. The minimum Gasteiger partial charge on any atom is -0.362 e. The van der Waals surface area contributed by atoms with Gasteiger partial charge in [0.25, 0.3) is 0 Å². The number of anilines is 3. The molecule has 7 heteroatoms. The molecule has 2 aliphatic rings. The first-order valence-electron chi connectivity index (χ1n) is 11.3. The summed E-state index contributed by atoms with van der Waals surface area (Å²) in [6, 6.07) is 2.19. The second kappa shape index (κ2) is 10.4. The van der Waals surface area contributed by atoms with Gasteiger partial charge in [-0.25, -0.2) is 0 Å². The number of nitrogens with zero attached hydrogens (tertiary/aromatic N) is 4. The molecule has 0 unspecified atom stereocenters. The molecule has 1 aromatic rings. The molecule has 0 amide bonds. The lowest BCUT2D eigenvalue weighted by atomic mass is 9.92. The summed E-state index contributed by atoms with van der Waals surface area (Å²) in [5.41, 5.74) is 0. The van der Waals surface area contributed by atoms with Crippen molar-refractivity contribution in [2.45, 2.75) is 59.8 Å². The molecule has 2 aliphatic heterocycles. The van der Waals surface area contributed by atoms with E-state index in [2.05, 4.69) is 54.2 Å². The molecule has 0 radical (unpaired) electrons. The summed E-state index contributed by atoms with van der Waals surface area (Å²) >= 11 is 5.48. The summed E-state index contributed by atoms with van der Waals surface area (Å²) in [5.74, 6) is 4.55. The minimum atomic E-state index is 0.533. The summed E-state index contributed by atoms with van der Waals surface area (Å²) in [7, 11) is 0. The highest BCUT2D eigenvalue weighted by atomic mass is 32.1. The third kappa shape index (κ3) is 6.69. The van der Waals surface area contributed by atoms with Crippen LogP contribution in [0.1, 0.15) is 59.8 Å². The van der Waals surface area contributed by atoms with Crippen LogP contribution >= 0.6 is 12.2 Å². The third-order valence-electron chi connectivity index (χ3n) is 5.72. The molecule has 2 fully saturated rings. The van der Waals surface area contributed by atoms with E-state index >= 15 is 0 Å². The Morgan fingerprint density at radius 3 is 2.21 bits per heavy atom. The molecule has 0 saturated carbocycles. The van der Waals surface area contributed by atoms with Crippen molar-refractivity contribution in [3.63, 3.8) is 0 Å². The molecule has 3 heterocycles. The standard InChI is InChI=1S/C22H38N6S/c1-16(2)13-23-22(29)26-21-24-19(27-9-7-5-6-8-10-27)12-20(25-21)28-14-17(3)11-18(4)15-28/h12,16-18H,5-11,13-15H2,1-4H3,(H2,23,24,25,26,29)/t17-,18+. The second-order valence-electron chi connectivity index (χ2n) is 9.39. The van der Waals surface area contributed by atoms with Crippen molar-refractivity contribution < 1.29 is 0 Å². The molecule has 0 aromatic carbocycles. The summed E-state index contributed by atoms with van der Waals surface area (Å²) < 4.78 is 0. The van der Waals surface area contributed by atoms with Crippen LogP contribution in [0, 0.1) is 17.8 Å². The van der Waals surface area contributed by atoms with Gasteiger partial charge in [0.05, 0.1) is 0 Å². The number of nitrogens with one attached hydrogen (secondary N) is 2. The first-order chi connectivity index (χ1) is 13.9. The Morgan fingerprint density at radius 1 is 1.03 bits per heavy atom. The van der Waals surface area contributed by atoms with Gasteiger partial charge in [0.2, 0.25) is 5.95 Å². The van der Waals surface area contributed by atoms with Crippen LogP contribution in [0.25, 0.3) is 0 Å². The lowest BCUT2D eigenvalue weighted by Gasteiger charge is -2.36. The van der Waals surface area contributed by atoms with Gasteiger partial charge in [0, 0.05) is 38.8 Å². The molecule has 0 spiro atoms. The minimum absolute atomic E-state index is 0.533. The number of piperidine rings is 1. The fraction of sp³-hybridized carbons (Fsp3) is 0.773. The predicted molar refractivity (Wildman–Crippen MR) is 127 cm³/mol. The quantitative estimate of drug-likeness (QED) is 0.692. The Hall–Kier alpha value is -1.63. The maximum absolute atomic E-state index is 5.48. The van der Waals surface area contributed by atoms with Gasteiger partial charge in [-0.3, -0.25) is 0 Å². The van der Waals surface area contributed by atoms with E-state index < -0.39 is 0 Å². The largest absolute Gasteiger partial charge is 0.362 e. The maximum atomic E-state index is 5.48. The lowest BCUT2D eigenvalue weighted by Crippen LogP contribution is -2.39. The molecule has 2 N–H and O–H groups in total. The smallest absolute Gasteiger partial charge is 0.232 e. The Kier molecular flexibility index (Phi) is 7.92. The normalized spacial score (nSPS) is 23.1. The number of thiocarbonyl (C=S) groups is 1. The Morgan fingerprint density at radius 2 is 1.62 bits per heavy atom. The van der Waals surface area contributed by atoms with Crippen LogP contribution in [0.4, 0.5) is 17.6 Å². The van der Waals surface area contributed by atoms with Gasteiger partial charge in [-0.2, -0.15) is 9.97 Å². The molecule has 29 heavy (non-hydrogen) atoms. The Bertz CT molecular complexity index is 661. The van der Waals surface area contributed by atoms with Gasteiger partial charge in [-0.1, -0.05) is 40.5 Å². The molecule has 0 aliphatic carbocycles. The highest BCUT2D eigenvalue weighted by Gasteiger charge is 2.24. The van der Waals surface area contributed by atoms with Crippen molar-refractivity contribution in [3.05, 3.63) is 6.07 Å². The monoisotopic (exact) mass is 418 g/mol. The summed E-state index contributed by atoms with van der Waals surface area (Å²) in [6.07, 6.45) is 6.37. The van der Waals surface area contributed by atoms with Crippen molar-refractivity contribution in [1.29, 1.82) is 0 Å². The van der Waals surface area contributed by atoms with Crippen LogP contribution in [0.2, 0.25) is 0 Å². The molecule has 6 nitrogen and oxygen atoms in total. The zero-order chi connectivity index (χ0) is 20.8. The average Bonchev–Trinajstić information content (AvgIpc) is 2.95. The van der Waals surface area contributed by atoms with Gasteiger partial charge in [0.15, 0.2) is 5.11 Å². The van der Waals surface area contributed by atoms with Crippen molar-refractivity contribution in [2.24, 2.45) is 17.8 Å². The number of rotatable bonds is 5. The molecule has 2 atom stereocenters. The first kappa shape index (κ1) is 22.1.